The molecule has 0 saturated carbocycles. The van der Waals surface area contributed by atoms with Crippen LogP contribution < -0.4 is 25.6 Å². The van der Waals surface area contributed by atoms with E-state index in [1.165, 1.54) is 52.0 Å². The second-order valence-corrected chi connectivity index (χ2v) is 17.8. The summed E-state index contributed by atoms with van der Waals surface area (Å²) in [5.74, 6) is 0. The fourth-order valence-electron chi connectivity index (χ4n) is 7.66. The number of anilines is 3. The summed E-state index contributed by atoms with van der Waals surface area (Å²) < 4.78 is 2.63. The molecule has 0 amide bonds. The molecule has 1 nitrogen and oxygen atoms in total. The van der Waals surface area contributed by atoms with Gasteiger partial charge in [0.25, 0.3) is 0 Å². The van der Waals surface area contributed by atoms with Gasteiger partial charge in [-0.3, -0.25) is 0 Å². The van der Waals surface area contributed by atoms with E-state index < -0.39 is 8.07 Å². The lowest BCUT2D eigenvalue weighted by Crippen LogP contribution is -2.74. The van der Waals surface area contributed by atoms with Crippen molar-refractivity contribution in [2.24, 2.45) is 0 Å². The predicted octanol–water partition coefficient (Wildman–Crippen LogP) is 10.6. The molecule has 0 unspecified atom stereocenters. The monoisotopic (exact) mass is 685 g/mol. The summed E-state index contributed by atoms with van der Waals surface area (Å²) in [7, 11) is -2.56. The molecule has 0 aliphatic carbocycles. The summed E-state index contributed by atoms with van der Waals surface area (Å²) in [4.78, 5) is 2.36. The number of benzene rings is 8. The first kappa shape index (κ1) is 31.0. The SMILES string of the molecule is c1ccc(N(c2ccc(-c3ccc([Si](c4ccccc4)(c4ccccc4)c4ccccc4)cc3)cc2)c2ccc3sc4ccccc4c3c2)cc1. The molecule has 0 saturated heterocycles. The van der Waals surface area contributed by atoms with Crippen molar-refractivity contribution >= 4 is 77.4 Å². The zero-order chi connectivity index (χ0) is 34.0. The molecule has 3 heteroatoms. The van der Waals surface area contributed by atoms with Crippen LogP contribution in [0.2, 0.25) is 0 Å². The van der Waals surface area contributed by atoms with Crippen LogP contribution in [0.5, 0.6) is 0 Å². The van der Waals surface area contributed by atoms with E-state index >= 15 is 0 Å². The minimum absolute atomic E-state index is 1.13. The van der Waals surface area contributed by atoms with Crippen LogP contribution in [0.25, 0.3) is 31.3 Å². The van der Waals surface area contributed by atoms with Crippen LogP contribution in [-0.2, 0) is 0 Å². The summed E-state index contributed by atoms with van der Waals surface area (Å²) in [6.45, 7) is 0. The van der Waals surface area contributed by atoms with Gasteiger partial charge in [-0.05, 0) is 80.4 Å². The van der Waals surface area contributed by atoms with Crippen LogP contribution in [0.4, 0.5) is 17.1 Å². The molecule has 0 atom stereocenters. The van der Waals surface area contributed by atoms with Gasteiger partial charge in [-0.25, -0.2) is 0 Å². The Balaban J connectivity index is 1.11. The van der Waals surface area contributed by atoms with Crippen molar-refractivity contribution in [3.63, 3.8) is 0 Å². The van der Waals surface area contributed by atoms with Crippen LogP contribution in [0.3, 0.4) is 0 Å². The fourth-order valence-corrected chi connectivity index (χ4v) is 13.5. The minimum Gasteiger partial charge on any atom is -0.310 e. The summed E-state index contributed by atoms with van der Waals surface area (Å²) in [5.41, 5.74) is 5.82. The largest absolute Gasteiger partial charge is 0.310 e. The molecule has 0 spiro atoms. The molecular formula is C48H35NSSi. The highest BCUT2D eigenvalue weighted by Gasteiger charge is 2.41. The molecule has 51 heavy (non-hydrogen) atoms. The Hall–Kier alpha value is -6.00. The van der Waals surface area contributed by atoms with Crippen molar-refractivity contribution in [2.45, 2.75) is 0 Å². The van der Waals surface area contributed by atoms with Crippen molar-refractivity contribution in [1.82, 2.24) is 0 Å². The van der Waals surface area contributed by atoms with Crippen LogP contribution in [-0.4, -0.2) is 8.07 Å². The molecule has 0 radical (unpaired) electrons. The Morgan fingerprint density at radius 3 is 1.29 bits per heavy atom. The molecular weight excluding hydrogens is 651 g/mol. The number of nitrogens with zero attached hydrogens (tertiary/aromatic N) is 1. The van der Waals surface area contributed by atoms with Gasteiger partial charge >= 0.3 is 0 Å². The molecule has 0 N–H and O–H groups in total. The Morgan fingerprint density at radius 2 is 0.725 bits per heavy atom. The predicted molar refractivity (Wildman–Crippen MR) is 223 cm³/mol. The Morgan fingerprint density at radius 1 is 0.314 bits per heavy atom. The third-order valence-electron chi connectivity index (χ3n) is 10.0. The molecule has 0 aliphatic heterocycles. The molecule has 1 aromatic heterocycles. The van der Waals surface area contributed by atoms with Crippen molar-refractivity contribution in [1.29, 1.82) is 0 Å². The molecule has 242 valence electrons. The maximum absolute atomic E-state index is 2.56. The van der Waals surface area contributed by atoms with Gasteiger partial charge in [0, 0.05) is 37.2 Å². The van der Waals surface area contributed by atoms with Crippen LogP contribution >= 0.6 is 11.3 Å². The van der Waals surface area contributed by atoms with Crippen LogP contribution in [0, 0.1) is 0 Å². The molecule has 0 bridgehead atoms. The van der Waals surface area contributed by atoms with Crippen molar-refractivity contribution in [2.75, 3.05) is 4.90 Å². The number of thiophene rings is 1. The lowest BCUT2D eigenvalue weighted by atomic mass is 10.0. The highest BCUT2D eigenvalue weighted by Crippen LogP contribution is 2.40. The molecule has 9 aromatic rings. The van der Waals surface area contributed by atoms with Gasteiger partial charge in [0.2, 0.25) is 0 Å². The van der Waals surface area contributed by atoms with E-state index in [1.807, 2.05) is 11.3 Å². The van der Waals surface area contributed by atoms with Crippen LogP contribution in [0.1, 0.15) is 0 Å². The van der Waals surface area contributed by atoms with Gasteiger partial charge in [-0.15, -0.1) is 11.3 Å². The van der Waals surface area contributed by atoms with E-state index in [4.69, 9.17) is 0 Å². The second-order valence-electron chi connectivity index (χ2n) is 12.9. The van der Waals surface area contributed by atoms with Crippen molar-refractivity contribution in [3.05, 3.63) is 212 Å². The Bertz CT molecular complexity index is 2450. The summed E-state index contributed by atoms with van der Waals surface area (Å²) in [5, 5.41) is 8.13. The normalized spacial score (nSPS) is 11.5. The van der Waals surface area contributed by atoms with E-state index in [-0.39, 0.29) is 0 Å². The molecule has 8 aromatic carbocycles. The van der Waals surface area contributed by atoms with Crippen molar-refractivity contribution in [3.8, 4) is 11.1 Å². The lowest BCUT2D eigenvalue weighted by Gasteiger charge is -2.34. The van der Waals surface area contributed by atoms with E-state index in [0.29, 0.717) is 0 Å². The summed E-state index contributed by atoms with van der Waals surface area (Å²) in [6.07, 6.45) is 0. The van der Waals surface area contributed by atoms with Gasteiger partial charge in [0.05, 0.1) is 0 Å². The van der Waals surface area contributed by atoms with E-state index in [1.54, 1.807) is 0 Å². The Labute approximate surface area is 304 Å². The average Bonchev–Trinajstić information content (AvgIpc) is 3.59. The highest BCUT2D eigenvalue weighted by molar-refractivity contribution is 7.25. The average molecular weight is 686 g/mol. The quantitative estimate of drug-likeness (QED) is 0.114. The zero-order valence-electron chi connectivity index (χ0n) is 28.1. The maximum Gasteiger partial charge on any atom is 0.179 e. The number of fused-ring (bicyclic) bond motifs is 3. The molecule has 0 aliphatic rings. The maximum atomic E-state index is 2.37. The third kappa shape index (κ3) is 5.57. The smallest absolute Gasteiger partial charge is 0.179 e. The van der Waals surface area contributed by atoms with Gasteiger partial charge in [0.1, 0.15) is 0 Å². The number of hydrogen-bond acceptors (Lipinski definition) is 2. The van der Waals surface area contributed by atoms with Crippen LogP contribution in [0.15, 0.2) is 212 Å². The van der Waals surface area contributed by atoms with Gasteiger partial charge in [-0.2, -0.15) is 0 Å². The van der Waals surface area contributed by atoms with E-state index in [2.05, 4.69) is 217 Å². The van der Waals surface area contributed by atoms with E-state index in [0.717, 1.165) is 17.1 Å². The first-order valence-electron chi connectivity index (χ1n) is 17.4. The third-order valence-corrected chi connectivity index (χ3v) is 16.0. The van der Waals surface area contributed by atoms with Crippen molar-refractivity contribution < 1.29 is 0 Å². The second kappa shape index (κ2) is 13.4. The number of hydrogen-bond donors (Lipinski definition) is 0. The van der Waals surface area contributed by atoms with E-state index in [9.17, 15) is 0 Å². The summed E-state index contributed by atoms with van der Waals surface area (Å²) >= 11 is 1.86. The Kier molecular flexibility index (Phi) is 8.13. The fraction of sp³-hybridized carbons (Fsp3) is 0. The standard InChI is InChI=1S/C48H35NSSi/c1-5-15-38(16-6-1)49(40-31-34-48-46(35-40)45-23-13-14-24-47(45)50-48)39-29-25-36(26-30-39)37-27-32-44(33-28-37)51(41-17-7-2-8-18-41,42-19-9-3-10-20-42)43-21-11-4-12-22-43/h1-35H. The van der Waals surface area contributed by atoms with Gasteiger partial charge < -0.3 is 4.90 Å². The topological polar surface area (TPSA) is 3.24 Å². The van der Waals surface area contributed by atoms with Gasteiger partial charge in [0.15, 0.2) is 8.07 Å². The zero-order valence-corrected chi connectivity index (χ0v) is 29.9. The minimum atomic E-state index is -2.56. The first-order chi connectivity index (χ1) is 25.3. The molecule has 0 fully saturated rings. The first-order valence-corrected chi connectivity index (χ1v) is 20.2. The molecule has 1 heterocycles. The number of rotatable bonds is 8. The highest BCUT2D eigenvalue weighted by atomic mass is 32.1. The summed E-state index contributed by atoms with van der Waals surface area (Å²) in [6, 6.07) is 78.0. The number of para-hydroxylation sites is 1. The lowest BCUT2D eigenvalue weighted by molar-refractivity contribution is 1.29. The molecule has 9 rings (SSSR count). The van der Waals surface area contributed by atoms with Gasteiger partial charge in [-0.1, -0.05) is 164 Å².